The monoisotopic (exact) mass is 509 g/mol. The number of benzene rings is 2. The van der Waals surface area contributed by atoms with Crippen LogP contribution in [0.15, 0.2) is 56.3 Å². The van der Waals surface area contributed by atoms with Gasteiger partial charge in [-0.3, -0.25) is 14.5 Å². The van der Waals surface area contributed by atoms with Crippen molar-refractivity contribution >= 4 is 60.8 Å². The third-order valence-corrected chi connectivity index (χ3v) is 5.95. The van der Waals surface area contributed by atoms with Crippen molar-refractivity contribution in [3.63, 3.8) is 0 Å². The van der Waals surface area contributed by atoms with Crippen LogP contribution in [0.1, 0.15) is 24.5 Å². The number of ether oxygens (including phenoxy) is 1. The zero-order valence-corrected chi connectivity index (χ0v) is 18.6. The van der Waals surface area contributed by atoms with Gasteiger partial charge in [0.1, 0.15) is 12.4 Å². The molecular formula is C20H17Br2NO3S. The topological polar surface area (TPSA) is 46.6 Å². The Labute approximate surface area is 179 Å². The van der Waals surface area contributed by atoms with E-state index in [4.69, 9.17) is 4.74 Å². The molecule has 140 valence electrons. The average Bonchev–Trinajstić information content (AvgIpc) is 2.90. The highest BCUT2D eigenvalue weighted by Gasteiger charge is 2.34. The minimum Gasteiger partial charge on any atom is -0.487 e. The van der Waals surface area contributed by atoms with Gasteiger partial charge in [0.25, 0.3) is 11.1 Å². The number of thioether (sulfide) groups is 1. The van der Waals surface area contributed by atoms with E-state index in [2.05, 4.69) is 31.9 Å². The highest BCUT2D eigenvalue weighted by atomic mass is 79.9. The van der Waals surface area contributed by atoms with Crippen LogP contribution in [-0.4, -0.2) is 22.6 Å². The minimum absolute atomic E-state index is 0.214. The quantitative estimate of drug-likeness (QED) is 0.431. The summed E-state index contributed by atoms with van der Waals surface area (Å²) in [6.45, 7) is 2.84. The fourth-order valence-corrected chi connectivity index (χ4v) is 4.91. The standard InChI is InChI=1S/C20H17Br2NO3S/c1-2-8-23-19(24)17(27-20(23)25)11-14-9-15(21)18(16(22)10-14)26-12-13-6-4-3-5-7-13/h3-7,9-11H,2,8,12H2,1H3/b17-11+. The lowest BCUT2D eigenvalue weighted by atomic mass is 10.2. The van der Waals surface area contributed by atoms with E-state index < -0.39 is 0 Å². The number of halogens is 2. The first-order valence-electron chi connectivity index (χ1n) is 8.40. The summed E-state index contributed by atoms with van der Waals surface area (Å²) < 4.78 is 7.46. The van der Waals surface area contributed by atoms with Gasteiger partial charge in [-0.25, -0.2) is 0 Å². The molecule has 0 saturated carbocycles. The molecule has 1 saturated heterocycles. The minimum atomic E-state index is -0.233. The van der Waals surface area contributed by atoms with E-state index in [1.807, 2.05) is 49.4 Å². The molecule has 4 nitrogen and oxygen atoms in total. The number of nitrogens with zero attached hydrogens (tertiary/aromatic N) is 1. The highest BCUT2D eigenvalue weighted by molar-refractivity contribution is 9.11. The van der Waals surface area contributed by atoms with Crippen LogP contribution in [0.5, 0.6) is 5.75 Å². The van der Waals surface area contributed by atoms with E-state index in [9.17, 15) is 9.59 Å². The van der Waals surface area contributed by atoms with E-state index in [-0.39, 0.29) is 11.1 Å². The molecule has 1 fully saturated rings. The number of rotatable bonds is 6. The van der Waals surface area contributed by atoms with Gasteiger partial charge in [0, 0.05) is 6.54 Å². The lowest BCUT2D eigenvalue weighted by Crippen LogP contribution is -2.28. The van der Waals surface area contributed by atoms with E-state index >= 15 is 0 Å². The van der Waals surface area contributed by atoms with Gasteiger partial charge < -0.3 is 4.74 Å². The smallest absolute Gasteiger partial charge is 0.293 e. The molecule has 0 spiro atoms. The molecular weight excluding hydrogens is 494 g/mol. The molecule has 2 amide bonds. The van der Waals surface area contributed by atoms with Crippen LogP contribution in [0.2, 0.25) is 0 Å². The second-order valence-electron chi connectivity index (χ2n) is 5.92. The summed E-state index contributed by atoms with van der Waals surface area (Å²) in [7, 11) is 0. The predicted octanol–water partition coefficient (Wildman–Crippen LogP) is 6.24. The van der Waals surface area contributed by atoms with Crippen LogP contribution in [0, 0.1) is 0 Å². The second-order valence-corrected chi connectivity index (χ2v) is 8.62. The van der Waals surface area contributed by atoms with Gasteiger partial charge in [-0.15, -0.1) is 0 Å². The lowest BCUT2D eigenvalue weighted by molar-refractivity contribution is -0.122. The zero-order valence-electron chi connectivity index (χ0n) is 14.6. The maximum Gasteiger partial charge on any atom is 0.293 e. The first-order chi connectivity index (χ1) is 13.0. The molecule has 0 N–H and O–H groups in total. The van der Waals surface area contributed by atoms with Crippen molar-refractivity contribution in [2.75, 3.05) is 6.54 Å². The summed E-state index contributed by atoms with van der Waals surface area (Å²) in [6.07, 6.45) is 2.48. The van der Waals surface area contributed by atoms with Gasteiger partial charge in [0.05, 0.1) is 13.9 Å². The molecule has 0 aromatic heterocycles. The van der Waals surface area contributed by atoms with Crippen molar-refractivity contribution in [1.29, 1.82) is 0 Å². The number of hydrogen-bond donors (Lipinski definition) is 0. The van der Waals surface area contributed by atoms with Crippen LogP contribution in [-0.2, 0) is 11.4 Å². The van der Waals surface area contributed by atoms with Gasteiger partial charge in [0.2, 0.25) is 0 Å². The van der Waals surface area contributed by atoms with Crippen LogP contribution >= 0.6 is 43.6 Å². The zero-order chi connectivity index (χ0) is 19.4. The largest absolute Gasteiger partial charge is 0.487 e. The van der Waals surface area contributed by atoms with E-state index in [0.717, 1.165) is 38.3 Å². The number of carbonyl (C=O) groups is 2. The van der Waals surface area contributed by atoms with Gasteiger partial charge >= 0.3 is 0 Å². The first-order valence-corrected chi connectivity index (χ1v) is 10.8. The molecule has 3 rings (SSSR count). The Hall–Kier alpha value is -1.57. The van der Waals surface area contributed by atoms with Crippen molar-refractivity contribution in [3.8, 4) is 5.75 Å². The Morgan fingerprint density at radius 1 is 1.11 bits per heavy atom. The van der Waals surface area contributed by atoms with Crippen LogP contribution in [0.4, 0.5) is 4.79 Å². The summed E-state index contributed by atoms with van der Waals surface area (Å²) in [5.74, 6) is 0.457. The Kier molecular flexibility index (Phi) is 6.78. The third-order valence-electron chi connectivity index (χ3n) is 3.87. The van der Waals surface area contributed by atoms with Gasteiger partial charge in [-0.1, -0.05) is 37.3 Å². The third kappa shape index (κ3) is 4.83. The molecule has 0 radical (unpaired) electrons. The van der Waals surface area contributed by atoms with E-state index in [1.165, 1.54) is 4.90 Å². The Bertz CT molecular complexity index is 876. The first kappa shape index (κ1) is 20.2. The average molecular weight is 511 g/mol. The highest BCUT2D eigenvalue weighted by Crippen LogP contribution is 2.38. The molecule has 1 aliphatic heterocycles. The fourth-order valence-electron chi connectivity index (χ4n) is 2.60. The molecule has 1 heterocycles. The van der Waals surface area contributed by atoms with Crippen LogP contribution in [0.3, 0.4) is 0 Å². The molecule has 0 unspecified atom stereocenters. The second kappa shape index (κ2) is 9.08. The molecule has 1 aliphatic rings. The molecule has 0 aliphatic carbocycles. The molecule has 0 bridgehead atoms. The van der Waals surface area contributed by atoms with E-state index in [0.29, 0.717) is 23.8 Å². The Morgan fingerprint density at radius 2 is 1.78 bits per heavy atom. The summed E-state index contributed by atoms with van der Waals surface area (Å²) in [5, 5.41) is -0.214. The summed E-state index contributed by atoms with van der Waals surface area (Å²) in [4.78, 5) is 26.1. The number of imide groups is 1. The SMILES string of the molecule is CCCN1C(=O)S/C(=C/c2cc(Br)c(OCc3ccccc3)c(Br)c2)C1=O. The maximum absolute atomic E-state index is 12.4. The van der Waals surface area contributed by atoms with Gasteiger partial charge in [0.15, 0.2) is 0 Å². The fraction of sp³-hybridized carbons (Fsp3) is 0.200. The maximum atomic E-state index is 12.4. The summed E-state index contributed by atoms with van der Waals surface area (Å²) in [5.41, 5.74) is 1.88. The van der Waals surface area contributed by atoms with Crippen LogP contribution < -0.4 is 4.74 Å². The van der Waals surface area contributed by atoms with Crippen molar-refractivity contribution in [2.24, 2.45) is 0 Å². The molecule has 7 heteroatoms. The van der Waals surface area contributed by atoms with Gasteiger partial charge in [-0.05, 0) is 79.4 Å². The van der Waals surface area contributed by atoms with Crippen molar-refractivity contribution in [1.82, 2.24) is 4.90 Å². The summed E-state index contributed by atoms with van der Waals surface area (Å²) >= 11 is 8.04. The predicted molar refractivity (Wildman–Crippen MR) is 116 cm³/mol. The van der Waals surface area contributed by atoms with Crippen LogP contribution in [0.25, 0.3) is 6.08 Å². The van der Waals surface area contributed by atoms with Crippen molar-refractivity contribution in [2.45, 2.75) is 20.0 Å². The Morgan fingerprint density at radius 3 is 2.41 bits per heavy atom. The summed E-state index contributed by atoms with van der Waals surface area (Å²) in [6, 6.07) is 13.7. The normalized spacial score (nSPS) is 15.7. The number of carbonyl (C=O) groups excluding carboxylic acids is 2. The lowest BCUT2D eigenvalue weighted by Gasteiger charge is -2.12. The Balaban J connectivity index is 1.78. The molecule has 2 aromatic rings. The van der Waals surface area contributed by atoms with E-state index in [1.54, 1.807) is 6.08 Å². The molecule has 27 heavy (non-hydrogen) atoms. The van der Waals surface area contributed by atoms with Crippen molar-refractivity contribution in [3.05, 3.63) is 67.4 Å². The van der Waals surface area contributed by atoms with Crippen molar-refractivity contribution < 1.29 is 14.3 Å². The van der Waals surface area contributed by atoms with Gasteiger partial charge in [-0.2, -0.15) is 0 Å². The molecule has 2 aromatic carbocycles. The number of amides is 2. The number of hydrogen-bond acceptors (Lipinski definition) is 4. The molecule has 0 atom stereocenters.